The van der Waals surface area contributed by atoms with E-state index in [1.807, 2.05) is 0 Å². The second-order valence-electron chi connectivity index (χ2n) is 4.85. The van der Waals surface area contributed by atoms with Crippen molar-refractivity contribution in [3.8, 4) is 0 Å². The molecule has 0 bridgehead atoms. The number of rotatable bonds is 1. The lowest BCUT2D eigenvalue weighted by molar-refractivity contribution is 0.0387. The lowest BCUT2D eigenvalue weighted by Gasteiger charge is -2.28. The molecule has 1 aliphatic heterocycles. The van der Waals surface area contributed by atoms with Gasteiger partial charge in [0.2, 0.25) is 0 Å². The molecule has 0 aromatic heterocycles. The molecule has 0 radical (unpaired) electrons. The normalized spacial score (nSPS) is 27.0. The smallest absolute Gasteiger partial charge is 0.0494 e. The SMILES string of the molecule is CC(C)(C)CC1CCCOC1. The quantitative estimate of drug-likeness (QED) is 0.567. The maximum Gasteiger partial charge on any atom is 0.0494 e. The van der Waals surface area contributed by atoms with Gasteiger partial charge in [-0.2, -0.15) is 0 Å². The van der Waals surface area contributed by atoms with Crippen LogP contribution < -0.4 is 0 Å². The maximum absolute atomic E-state index is 5.43. The highest BCUT2D eigenvalue weighted by Crippen LogP contribution is 2.28. The van der Waals surface area contributed by atoms with E-state index >= 15 is 0 Å². The van der Waals surface area contributed by atoms with Gasteiger partial charge in [-0.3, -0.25) is 0 Å². The van der Waals surface area contributed by atoms with Gasteiger partial charge in [-0.25, -0.2) is 0 Å². The molecule has 1 nitrogen and oxygen atoms in total. The third-order valence-corrected chi connectivity index (χ3v) is 2.16. The van der Waals surface area contributed by atoms with Gasteiger partial charge < -0.3 is 4.74 Å². The second-order valence-corrected chi connectivity index (χ2v) is 4.85. The Morgan fingerprint density at radius 2 is 2.09 bits per heavy atom. The van der Waals surface area contributed by atoms with Crippen molar-refractivity contribution in [2.45, 2.75) is 40.0 Å². The molecule has 1 fully saturated rings. The van der Waals surface area contributed by atoms with Gasteiger partial charge in [-0.15, -0.1) is 0 Å². The zero-order chi connectivity index (χ0) is 8.32. The highest BCUT2D eigenvalue weighted by Gasteiger charge is 2.20. The van der Waals surface area contributed by atoms with Crippen molar-refractivity contribution in [3.63, 3.8) is 0 Å². The van der Waals surface area contributed by atoms with Crippen LogP contribution in [0, 0.1) is 11.3 Å². The molecule has 1 heteroatoms. The predicted molar refractivity (Wildman–Crippen MR) is 47.6 cm³/mol. The standard InChI is InChI=1S/C10H20O/c1-10(2,3)7-9-5-4-6-11-8-9/h9H,4-8H2,1-3H3. The molecule has 1 heterocycles. The Labute approximate surface area is 70.1 Å². The minimum Gasteiger partial charge on any atom is -0.381 e. The highest BCUT2D eigenvalue weighted by molar-refractivity contribution is 4.71. The van der Waals surface area contributed by atoms with E-state index < -0.39 is 0 Å². The van der Waals surface area contributed by atoms with Crippen molar-refractivity contribution in [2.24, 2.45) is 11.3 Å². The summed E-state index contributed by atoms with van der Waals surface area (Å²) in [5.74, 6) is 0.823. The van der Waals surface area contributed by atoms with Crippen LogP contribution in [0.5, 0.6) is 0 Å². The number of hydrogen-bond donors (Lipinski definition) is 0. The largest absolute Gasteiger partial charge is 0.381 e. The van der Waals surface area contributed by atoms with Crippen molar-refractivity contribution in [1.82, 2.24) is 0 Å². The average Bonchev–Trinajstić information content (AvgIpc) is 1.85. The van der Waals surface area contributed by atoms with E-state index in [0.717, 1.165) is 19.1 Å². The van der Waals surface area contributed by atoms with E-state index in [1.54, 1.807) is 0 Å². The van der Waals surface area contributed by atoms with Crippen molar-refractivity contribution in [1.29, 1.82) is 0 Å². The minimum atomic E-state index is 0.478. The summed E-state index contributed by atoms with van der Waals surface area (Å²) in [4.78, 5) is 0. The van der Waals surface area contributed by atoms with Crippen LogP contribution in [-0.2, 0) is 4.74 Å². The summed E-state index contributed by atoms with van der Waals surface area (Å²) in [5.41, 5.74) is 0.478. The molecule has 0 aromatic rings. The zero-order valence-corrected chi connectivity index (χ0v) is 8.02. The topological polar surface area (TPSA) is 9.23 Å². The summed E-state index contributed by atoms with van der Waals surface area (Å²) in [7, 11) is 0. The Balaban J connectivity index is 2.24. The molecule has 0 amide bonds. The van der Waals surface area contributed by atoms with Gasteiger partial charge in [-0.05, 0) is 30.6 Å². The van der Waals surface area contributed by atoms with Gasteiger partial charge in [0.25, 0.3) is 0 Å². The van der Waals surface area contributed by atoms with Crippen LogP contribution in [0.1, 0.15) is 40.0 Å². The molecule has 0 aliphatic carbocycles. The van der Waals surface area contributed by atoms with Crippen LogP contribution in [-0.4, -0.2) is 13.2 Å². The van der Waals surface area contributed by atoms with Crippen LogP contribution in [0.25, 0.3) is 0 Å². The first-order valence-electron chi connectivity index (χ1n) is 4.66. The first-order valence-corrected chi connectivity index (χ1v) is 4.66. The van der Waals surface area contributed by atoms with Gasteiger partial charge in [0.1, 0.15) is 0 Å². The summed E-state index contributed by atoms with van der Waals surface area (Å²) >= 11 is 0. The Morgan fingerprint density at radius 1 is 1.36 bits per heavy atom. The van der Waals surface area contributed by atoms with Crippen molar-refractivity contribution in [2.75, 3.05) is 13.2 Å². The Morgan fingerprint density at radius 3 is 2.55 bits per heavy atom. The van der Waals surface area contributed by atoms with Crippen LogP contribution in [0.3, 0.4) is 0 Å². The molecule has 11 heavy (non-hydrogen) atoms. The first-order chi connectivity index (χ1) is 5.08. The van der Waals surface area contributed by atoms with Crippen LogP contribution in [0.4, 0.5) is 0 Å². The monoisotopic (exact) mass is 156 g/mol. The van der Waals surface area contributed by atoms with E-state index in [1.165, 1.54) is 19.3 Å². The fourth-order valence-corrected chi connectivity index (χ4v) is 1.83. The molecule has 1 unspecified atom stereocenters. The van der Waals surface area contributed by atoms with Gasteiger partial charge >= 0.3 is 0 Å². The van der Waals surface area contributed by atoms with E-state index in [-0.39, 0.29) is 0 Å². The summed E-state index contributed by atoms with van der Waals surface area (Å²) in [6, 6.07) is 0. The van der Waals surface area contributed by atoms with E-state index in [9.17, 15) is 0 Å². The molecule has 1 atom stereocenters. The average molecular weight is 156 g/mol. The predicted octanol–water partition coefficient (Wildman–Crippen LogP) is 2.85. The molecule has 0 aromatic carbocycles. The fourth-order valence-electron chi connectivity index (χ4n) is 1.83. The molecule has 1 rings (SSSR count). The lowest BCUT2D eigenvalue weighted by Crippen LogP contribution is -2.22. The van der Waals surface area contributed by atoms with Gasteiger partial charge in [0.15, 0.2) is 0 Å². The van der Waals surface area contributed by atoms with Gasteiger partial charge in [0.05, 0.1) is 0 Å². The number of hydrogen-bond acceptors (Lipinski definition) is 1. The first kappa shape index (κ1) is 9.05. The van der Waals surface area contributed by atoms with E-state index in [0.29, 0.717) is 5.41 Å². The maximum atomic E-state index is 5.43. The van der Waals surface area contributed by atoms with Crippen LogP contribution in [0.15, 0.2) is 0 Å². The lowest BCUT2D eigenvalue weighted by atomic mass is 9.82. The molecule has 1 saturated heterocycles. The molecule has 0 saturated carbocycles. The summed E-state index contributed by atoms with van der Waals surface area (Å²) < 4.78 is 5.43. The zero-order valence-electron chi connectivity index (χ0n) is 8.02. The van der Waals surface area contributed by atoms with Gasteiger partial charge in [-0.1, -0.05) is 20.8 Å². The third kappa shape index (κ3) is 3.76. The molecule has 66 valence electrons. The molecule has 1 aliphatic rings. The highest BCUT2D eigenvalue weighted by atomic mass is 16.5. The molecular weight excluding hydrogens is 136 g/mol. The summed E-state index contributed by atoms with van der Waals surface area (Å²) in [5, 5.41) is 0. The van der Waals surface area contributed by atoms with Crippen LogP contribution in [0.2, 0.25) is 0 Å². The van der Waals surface area contributed by atoms with Crippen molar-refractivity contribution in [3.05, 3.63) is 0 Å². The van der Waals surface area contributed by atoms with E-state index in [2.05, 4.69) is 20.8 Å². The minimum absolute atomic E-state index is 0.478. The van der Waals surface area contributed by atoms with Crippen molar-refractivity contribution < 1.29 is 4.74 Å². The Hall–Kier alpha value is -0.0400. The Kier molecular flexibility index (Phi) is 2.94. The fraction of sp³-hybridized carbons (Fsp3) is 1.00. The molecule has 0 spiro atoms. The molecular formula is C10H20O. The molecule has 0 N–H and O–H groups in total. The van der Waals surface area contributed by atoms with E-state index in [4.69, 9.17) is 4.74 Å². The van der Waals surface area contributed by atoms with Gasteiger partial charge in [0, 0.05) is 13.2 Å². The summed E-state index contributed by atoms with van der Waals surface area (Å²) in [6.07, 6.45) is 3.95. The van der Waals surface area contributed by atoms with Crippen molar-refractivity contribution >= 4 is 0 Å². The van der Waals surface area contributed by atoms with Crippen LogP contribution >= 0.6 is 0 Å². The second kappa shape index (κ2) is 3.57. The Bertz CT molecular complexity index is 107. The summed E-state index contributed by atoms with van der Waals surface area (Å²) in [6.45, 7) is 8.91. The number of ether oxygens (including phenoxy) is 1. The third-order valence-electron chi connectivity index (χ3n) is 2.16.